The zero-order chi connectivity index (χ0) is 11.3. The molecule has 0 saturated heterocycles. The summed E-state index contributed by atoms with van der Waals surface area (Å²) in [7, 11) is -3.47. The summed E-state index contributed by atoms with van der Waals surface area (Å²) < 4.78 is 25.2. The Kier molecular flexibility index (Phi) is 4.51. The van der Waals surface area contributed by atoms with Gasteiger partial charge in [0, 0.05) is 12.6 Å². The standard InChI is InChI=1S/C9H17N3O2S/c10-5-6-15(13,14)12-9(7-11)8-3-1-2-4-8/h8-9,12H,1-4,6-7,11H2. The number of hydrogen-bond donors (Lipinski definition) is 2. The van der Waals surface area contributed by atoms with E-state index in [9.17, 15) is 8.42 Å². The van der Waals surface area contributed by atoms with Crippen LogP contribution < -0.4 is 10.5 Å². The molecule has 1 saturated carbocycles. The molecule has 0 aromatic heterocycles. The van der Waals surface area contributed by atoms with E-state index in [4.69, 9.17) is 11.0 Å². The van der Waals surface area contributed by atoms with Gasteiger partial charge in [0.1, 0.15) is 0 Å². The molecule has 0 radical (unpaired) electrons. The molecule has 0 aromatic rings. The van der Waals surface area contributed by atoms with E-state index in [1.54, 1.807) is 6.07 Å². The normalized spacial score (nSPS) is 20.0. The highest BCUT2D eigenvalue weighted by molar-refractivity contribution is 7.89. The van der Waals surface area contributed by atoms with Gasteiger partial charge in [-0.05, 0) is 18.8 Å². The van der Waals surface area contributed by atoms with Crippen LogP contribution in [0.4, 0.5) is 0 Å². The predicted molar refractivity (Wildman–Crippen MR) is 57.3 cm³/mol. The highest BCUT2D eigenvalue weighted by atomic mass is 32.2. The number of nitrogens with two attached hydrogens (primary N) is 1. The number of sulfonamides is 1. The van der Waals surface area contributed by atoms with Crippen molar-refractivity contribution >= 4 is 10.0 Å². The Bertz CT molecular complexity index is 328. The van der Waals surface area contributed by atoms with Crippen molar-refractivity contribution in [3.05, 3.63) is 0 Å². The van der Waals surface area contributed by atoms with Gasteiger partial charge in [0.05, 0.1) is 6.07 Å². The van der Waals surface area contributed by atoms with Crippen LogP contribution in [0.1, 0.15) is 25.7 Å². The first-order valence-corrected chi connectivity index (χ1v) is 6.81. The van der Waals surface area contributed by atoms with E-state index in [1.807, 2.05) is 0 Å². The lowest BCUT2D eigenvalue weighted by atomic mass is 9.99. The molecular weight excluding hydrogens is 214 g/mol. The first-order valence-electron chi connectivity index (χ1n) is 5.16. The molecule has 6 heteroatoms. The maximum atomic E-state index is 11.4. The van der Waals surface area contributed by atoms with Crippen molar-refractivity contribution in [1.29, 1.82) is 5.26 Å². The SMILES string of the molecule is N#CCS(=O)(=O)NC(CN)C1CCCC1. The summed E-state index contributed by atoms with van der Waals surface area (Å²) in [5, 5.41) is 8.35. The summed E-state index contributed by atoms with van der Waals surface area (Å²) in [5.74, 6) is -0.153. The van der Waals surface area contributed by atoms with Crippen LogP contribution in [0.25, 0.3) is 0 Å². The summed E-state index contributed by atoms with van der Waals surface area (Å²) in [6, 6.07) is 1.43. The number of nitriles is 1. The Hall–Kier alpha value is -0.640. The first-order chi connectivity index (χ1) is 7.09. The second-order valence-electron chi connectivity index (χ2n) is 3.92. The van der Waals surface area contributed by atoms with Gasteiger partial charge in [-0.1, -0.05) is 12.8 Å². The molecule has 0 amide bonds. The minimum absolute atomic E-state index is 0.203. The van der Waals surface area contributed by atoms with Crippen molar-refractivity contribution in [2.24, 2.45) is 11.7 Å². The maximum Gasteiger partial charge on any atom is 0.225 e. The Balaban J connectivity index is 2.57. The van der Waals surface area contributed by atoms with E-state index in [1.165, 1.54) is 0 Å². The zero-order valence-corrected chi connectivity index (χ0v) is 9.46. The second-order valence-corrected chi connectivity index (χ2v) is 5.68. The maximum absolute atomic E-state index is 11.4. The van der Waals surface area contributed by atoms with Crippen LogP contribution in [0.3, 0.4) is 0 Å². The molecule has 1 aliphatic carbocycles. The number of rotatable bonds is 5. The van der Waals surface area contributed by atoms with E-state index < -0.39 is 15.8 Å². The third kappa shape index (κ3) is 3.78. The molecule has 86 valence electrons. The van der Waals surface area contributed by atoms with Gasteiger partial charge in [0.15, 0.2) is 5.75 Å². The van der Waals surface area contributed by atoms with Gasteiger partial charge in [-0.15, -0.1) is 0 Å². The Morgan fingerprint density at radius 1 is 1.47 bits per heavy atom. The topological polar surface area (TPSA) is 96.0 Å². The Labute approximate surface area is 90.7 Å². The highest BCUT2D eigenvalue weighted by Gasteiger charge is 2.27. The van der Waals surface area contributed by atoms with Crippen molar-refractivity contribution < 1.29 is 8.42 Å². The average Bonchev–Trinajstić information content (AvgIpc) is 2.67. The van der Waals surface area contributed by atoms with Gasteiger partial charge in [-0.25, -0.2) is 13.1 Å². The summed E-state index contributed by atoms with van der Waals surface area (Å²) in [6.07, 6.45) is 4.33. The number of hydrogen-bond acceptors (Lipinski definition) is 4. The van der Waals surface area contributed by atoms with Crippen LogP contribution in [0.15, 0.2) is 0 Å². The largest absolute Gasteiger partial charge is 0.329 e. The number of nitrogens with zero attached hydrogens (tertiary/aromatic N) is 1. The third-order valence-electron chi connectivity index (χ3n) is 2.81. The van der Waals surface area contributed by atoms with Gasteiger partial charge < -0.3 is 5.73 Å². The zero-order valence-electron chi connectivity index (χ0n) is 8.65. The molecule has 0 aliphatic heterocycles. The minimum atomic E-state index is -3.47. The van der Waals surface area contributed by atoms with Crippen LogP contribution >= 0.6 is 0 Å². The molecular formula is C9H17N3O2S. The summed E-state index contributed by atoms with van der Waals surface area (Å²) >= 11 is 0. The fourth-order valence-electron chi connectivity index (χ4n) is 2.05. The molecule has 0 aromatic carbocycles. The molecule has 5 nitrogen and oxygen atoms in total. The highest BCUT2D eigenvalue weighted by Crippen LogP contribution is 2.27. The molecule has 15 heavy (non-hydrogen) atoms. The molecule has 1 unspecified atom stereocenters. The fraction of sp³-hybridized carbons (Fsp3) is 0.889. The van der Waals surface area contributed by atoms with Gasteiger partial charge in [0.25, 0.3) is 0 Å². The molecule has 3 N–H and O–H groups in total. The smallest absolute Gasteiger partial charge is 0.225 e. The van der Waals surface area contributed by atoms with Crippen LogP contribution in [0, 0.1) is 17.2 Å². The van der Waals surface area contributed by atoms with Gasteiger partial charge >= 0.3 is 0 Å². The third-order valence-corrected chi connectivity index (χ3v) is 3.98. The summed E-state index contributed by atoms with van der Waals surface area (Å²) in [6.45, 7) is 0.301. The van der Waals surface area contributed by atoms with Gasteiger partial charge in [0.2, 0.25) is 10.0 Å². The predicted octanol–water partition coefficient (Wildman–Crippen LogP) is -0.0531. The van der Waals surface area contributed by atoms with Crippen LogP contribution in [-0.4, -0.2) is 26.8 Å². The van der Waals surface area contributed by atoms with Crippen LogP contribution in [-0.2, 0) is 10.0 Å². The lowest BCUT2D eigenvalue weighted by Crippen LogP contribution is -2.45. The molecule has 0 heterocycles. The van der Waals surface area contributed by atoms with Gasteiger partial charge in [-0.2, -0.15) is 5.26 Å². The van der Waals surface area contributed by atoms with E-state index >= 15 is 0 Å². The van der Waals surface area contributed by atoms with E-state index in [0.717, 1.165) is 25.7 Å². The van der Waals surface area contributed by atoms with E-state index in [2.05, 4.69) is 4.72 Å². The molecule has 0 spiro atoms. The Morgan fingerprint density at radius 3 is 2.53 bits per heavy atom. The molecule has 1 fully saturated rings. The lowest BCUT2D eigenvalue weighted by Gasteiger charge is -2.22. The lowest BCUT2D eigenvalue weighted by molar-refractivity contribution is 0.406. The van der Waals surface area contributed by atoms with Crippen LogP contribution in [0.2, 0.25) is 0 Å². The number of nitrogens with one attached hydrogen (secondary N) is 1. The molecule has 1 atom stereocenters. The van der Waals surface area contributed by atoms with Gasteiger partial charge in [-0.3, -0.25) is 0 Å². The molecule has 1 aliphatic rings. The van der Waals surface area contributed by atoms with Crippen molar-refractivity contribution in [2.45, 2.75) is 31.7 Å². The average molecular weight is 231 g/mol. The second kappa shape index (κ2) is 5.45. The minimum Gasteiger partial charge on any atom is -0.329 e. The van der Waals surface area contributed by atoms with Crippen molar-refractivity contribution in [2.75, 3.05) is 12.3 Å². The van der Waals surface area contributed by atoms with E-state index in [-0.39, 0.29) is 6.04 Å². The van der Waals surface area contributed by atoms with Crippen molar-refractivity contribution in [3.8, 4) is 6.07 Å². The fourth-order valence-corrected chi connectivity index (χ4v) is 3.06. The molecule has 1 rings (SSSR count). The van der Waals surface area contributed by atoms with E-state index in [0.29, 0.717) is 12.5 Å². The summed E-state index contributed by atoms with van der Waals surface area (Å²) in [4.78, 5) is 0. The van der Waals surface area contributed by atoms with Crippen molar-refractivity contribution in [1.82, 2.24) is 4.72 Å². The van der Waals surface area contributed by atoms with Crippen molar-refractivity contribution in [3.63, 3.8) is 0 Å². The van der Waals surface area contributed by atoms with Crippen LogP contribution in [0.5, 0.6) is 0 Å². The monoisotopic (exact) mass is 231 g/mol. The summed E-state index contributed by atoms with van der Waals surface area (Å²) in [5.41, 5.74) is 5.55. The quantitative estimate of drug-likeness (QED) is 0.693. The molecule has 0 bridgehead atoms. The Morgan fingerprint density at radius 2 is 2.07 bits per heavy atom. The first kappa shape index (κ1) is 12.4.